The van der Waals surface area contributed by atoms with Gasteiger partial charge in [-0.05, 0) is 70.6 Å². The lowest BCUT2D eigenvalue weighted by Crippen LogP contribution is -2.61. The van der Waals surface area contributed by atoms with Gasteiger partial charge < -0.3 is 64.2 Å². The minimum absolute atomic E-state index is 0.140. The molecule has 2 saturated heterocycles. The molecule has 15 heteroatoms. The molecule has 0 spiro atoms. The number of allylic oxidation sites excluding steroid dienone is 8. The van der Waals surface area contributed by atoms with Crippen molar-refractivity contribution in [2.24, 2.45) is 0 Å². The van der Waals surface area contributed by atoms with E-state index in [1.165, 1.54) is 103 Å². The van der Waals surface area contributed by atoms with E-state index in [4.69, 9.17) is 28.4 Å². The summed E-state index contributed by atoms with van der Waals surface area (Å²) in [5, 5.41) is 72.2. The van der Waals surface area contributed by atoms with Crippen LogP contribution in [-0.2, 0) is 38.0 Å². The van der Waals surface area contributed by atoms with Gasteiger partial charge >= 0.3 is 11.9 Å². The van der Waals surface area contributed by atoms with Crippen LogP contribution < -0.4 is 0 Å². The molecule has 73 heavy (non-hydrogen) atoms. The summed E-state index contributed by atoms with van der Waals surface area (Å²) in [6.45, 7) is 2.51. The zero-order valence-electron chi connectivity index (χ0n) is 45.1. The van der Waals surface area contributed by atoms with Crippen LogP contribution >= 0.6 is 0 Å². The summed E-state index contributed by atoms with van der Waals surface area (Å²) >= 11 is 0. The standard InChI is InChI=1S/C58H102O15/c1-3-5-7-9-11-13-15-17-19-20-21-22-23-24-25-26-27-29-30-32-34-36-38-40-49(60)68-43-46(71-50(61)41-39-37-35-33-31-28-18-16-14-12-10-8-6-4-2)44-69-57-56(67)54(65)52(63)48(73-57)45-70-58-55(66)53(64)51(62)47(42-59)72-58/h10,12,16,18,26-27,32,34,46-48,51-59,62-67H,3-9,11,13-15,17,19-25,28-31,33,35-45H2,1-2H3/b12-10+,18-16+,27-26+,34-32+/t46-,47+,48+,51-,52-,53?,54?,55?,56?,57+,58+/m0/s1. The van der Waals surface area contributed by atoms with Crippen molar-refractivity contribution in [3.05, 3.63) is 48.6 Å². The molecule has 0 aromatic carbocycles. The molecule has 11 atom stereocenters. The monoisotopic (exact) mass is 1040 g/mol. The second-order valence-corrected chi connectivity index (χ2v) is 20.1. The van der Waals surface area contributed by atoms with Gasteiger partial charge in [0, 0.05) is 12.8 Å². The van der Waals surface area contributed by atoms with Crippen LogP contribution in [0.1, 0.15) is 213 Å². The Balaban J connectivity index is 1.76. The molecule has 0 aromatic rings. The Labute approximate surface area is 439 Å². The Hall–Kier alpha value is -2.54. The fourth-order valence-electron chi connectivity index (χ4n) is 8.78. The van der Waals surface area contributed by atoms with Crippen molar-refractivity contribution in [3.8, 4) is 0 Å². The van der Waals surface area contributed by atoms with E-state index < -0.39 is 99.3 Å². The Bertz CT molecular complexity index is 1450. The van der Waals surface area contributed by atoms with E-state index in [0.29, 0.717) is 19.3 Å². The highest BCUT2D eigenvalue weighted by Gasteiger charge is 2.47. The highest BCUT2D eigenvalue weighted by atomic mass is 16.7. The molecule has 7 N–H and O–H groups in total. The number of hydrogen-bond donors (Lipinski definition) is 7. The molecular formula is C58H102O15. The molecule has 0 bridgehead atoms. The molecule has 15 nitrogen and oxygen atoms in total. The topological polar surface area (TPSA) is 231 Å². The summed E-state index contributed by atoms with van der Waals surface area (Å²) in [7, 11) is 0. The van der Waals surface area contributed by atoms with Crippen LogP contribution in [0.2, 0.25) is 0 Å². The molecule has 0 aromatic heterocycles. The van der Waals surface area contributed by atoms with E-state index in [9.17, 15) is 45.3 Å². The van der Waals surface area contributed by atoms with E-state index in [1.54, 1.807) is 0 Å². The number of unbranched alkanes of at least 4 members (excludes halogenated alkanes) is 23. The largest absolute Gasteiger partial charge is 0.462 e. The smallest absolute Gasteiger partial charge is 0.306 e. The fourth-order valence-corrected chi connectivity index (χ4v) is 8.78. The number of aliphatic hydroxyl groups excluding tert-OH is 7. The maximum atomic E-state index is 13.0. The first-order chi connectivity index (χ1) is 35.5. The Morgan fingerprint density at radius 2 is 0.863 bits per heavy atom. The van der Waals surface area contributed by atoms with Gasteiger partial charge in [-0.25, -0.2) is 0 Å². The van der Waals surface area contributed by atoms with E-state index in [1.807, 2.05) is 0 Å². The van der Waals surface area contributed by atoms with Gasteiger partial charge in [-0.2, -0.15) is 0 Å². The molecule has 4 unspecified atom stereocenters. The number of carbonyl (C=O) groups is 2. The number of ether oxygens (including phenoxy) is 6. The Kier molecular flexibility index (Phi) is 40.6. The van der Waals surface area contributed by atoms with Gasteiger partial charge in [0.2, 0.25) is 0 Å². The van der Waals surface area contributed by atoms with Crippen LogP contribution in [0.4, 0.5) is 0 Å². The molecule has 2 aliphatic heterocycles. The normalized spacial score (nSPS) is 25.2. The molecule has 2 fully saturated rings. The van der Waals surface area contributed by atoms with Crippen LogP contribution in [-0.4, -0.2) is 142 Å². The first kappa shape index (κ1) is 66.6. The summed E-state index contributed by atoms with van der Waals surface area (Å²) < 4.78 is 33.6. The predicted molar refractivity (Wildman–Crippen MR) is 284 cm³/mol. The molecule has 0 aliphatic carbocycles. The summed E-state index contributed by atoms with van der Waals surface area (Å²) in [5.41, 5.74) is 0. The lowest BCUT2D eigenvalue weighted by Gasteiger charge is -2.42. The van der Waals surface area contributed by atoms with Crippen LogP contribution in [0, 0.1) is 0 Å². The van der Waals surface area contributed by atoms with Gasteiger partial charge in [0.15, 0.2) is 18.7 Å². The Morgan fingerprint density at radius 1 is 0.438 bits per heavy atom. The number of esters is 2. The zero-order valence-corrected chi connectivity index (χ0v) is 45.1. The molecule has 0 radical (unpaired) electrons. The molecular weight excluding hydrogens is 937 g/mol. The van der Waals surface area contributed by atoms with Crippen molar-refractivity contribution in [3.63, 3.8) is 0 Å². The first-order valence-electron chi connectivity index (χ1n) is 28.7. The van der Waals surface area contributed by atoms with Gasteiger partial charge in [0.05, 0.1) is 19.8 Å². The third-order valence-electron chi connectivity index (χ3n) is 13.5. The highest BCUT2D eigenvalue weighted by molar-refractivity contribution is 5.70. The number of aliphatic hydroxyl groups is 7. The maximum Gasteiger partial charge on any atom is 0.306 e. The Morgan fingerprint density at radius 3 is 1.41 bits per heavy atom. The maximum absolute atomic E-state index is 13.0. The van der Waals surface area contributed by atoms with Crippen LogP contribution in [0.5, 0.6) is 0 Å². The van der Waals surface area contributed by atoms with Gasteiger partial charge in [0.25, 0.3) is 0 Å². The van der Waals surface area contributed by atoms with Crippen molar-refractivity contribution in [2.75, 3.05) is 26.4 Å². The minimum Gasteiger partial charge on any atom is -0.462 e. The zero-order chi connectivity index (χ0) is 53.2. The molecule has 2 rings (SSSR count). The number of hydrogen-bond acceptors (Lipinski definition) is 15. The fraction of sp³-hybridized carbons (Fsp3) is 0.828. The van der Waals surface area contributed by atoms with E-state index in [2.05, 4.69) is 62.5 Å². The first-order valence-corrected chi connectivity index (χ1v) is 28.7. The van der Waals surface area contributed by atoms with Crippen molar-refractivity contribution >= 4 is 11.9 Å². The van der Waals surface area contributed by atoms with Crippen molar-refractivity contribution in [1.29, 1.82) is 0 Å². The van der Waals surface area contributed by atoms with E-state index in [0.717, 1.165) is 64.2 Å². The van der Waals surface area contributed by atoms with Gasteiger partial charge in [-0.1, -0.05) is 178 Å². The van der Waals surface area contributed by atoms with Crippen LogP contribution in [0.3, 0.4) is 0 Å². The second-order valence-electron chi connectivity index (χ2n) is 20.1. The SMILES string of the molecule is CCCC/C=C/C/C=C/CCCCCCCC(=O)O[C@@H](COC(=O)CCC/C=C/CC/C=C/CCCCCCCCCCCCCCCC)CO[C@@H]1O[C@H](CO[C@@H]2O[C@H](CO)[C@H](O)C(O)C2O)[C@H](O)C(O)C1O. The highest BCUT2D eigenvalue weighted by Crippen LogP contribution is 2.27. The minimum atomic E-state index is -1.77. The van der Waals surface area contributed by atoms with Crippen LogP contribution in [0.25, 0.3) is 0 Å². The summed E-state index contributed by atoms with van der Waals surface area (Å²) in [6.07, 6.45) is 34.4. The summed E-state index contributed by atoms with van der Waals surface area (Å²) in [6, 6.07) is 0. The van der Waals surface area contributed by atoms with Gasteiger partial charge in [0.1, 0.15) is 55.4 Å². The third kappa shape index (κ3) is 32.0. The van der Waals surface area contributed by atoms with Crippen LogP contribution in [0.15, 0.2) is 48.6 Å². The van der Waals surface area contributed by atoms with Crippen molar-refractivity contribution in [1.82, 2.24) is 0 Å². The predicted octanol–water partition coefficient (Wildman–Crippen LogP) is 9.44. The molecule has 2 heterocycles. The quantitative estimate of drug-likeness (QED) is 0.0171. The molecule has 0 amide bonds. The lowest BCUT2D eigenvalue weighted by molar-refractivity contribution is -0.332. The third-order valence-corrected chi connectivity index (χ3v) is 13.5. The van der Waals surface area contributed by atoms with Crippen molar-refractivity contribution < 1.29 is 73.8 Å². The van der Waals surface area contributed by atoms with E-state index in [-0.39, 0.29) is 19.4 Å². The van der Waals surface area contributed by atoms with E-state index >= 15 is 0 Å². The van der Waals surface area contributed by atoms with Gasteiger partial charge in [-0.3, -0.25) is 9.59 Å². The molecule has 0 saturated carbocycles. The average molecular weight is 1040 g/mol. The average Bonchev–Trinajstić information content (AvgIpc) is 3.38. The number of rotatable bonds is 45. The van der Waals surface area contributed by atoms with Gasteiger partial charge in [-0.15, -0.1) is 0 Å². The molecule has 424 valence electrons. The summed E-state index contributed by atoms with van der Waals surface area (Å²) in [4.78, 5) is 25.8. The second kappa shape index (κ2) is 44.6. The summed E-state index contributed by atoms with van der Waals surface area (Å²) in [5.74, 6) is -0.988. The molecule has 2 aliphatic rings. The van der Waals surface area contributed by atoms with Crippen molar-refractivity contribution in [2.45, 2.75) is 280 Å². The lowest BCUT2D eigenvalue weighted by atomic mass is 9.98. The number of carbonyl (C=O) groups excluding carboxylic acids is 2.